The summed E-state index contributed by atoms with van der Waals surface area (Å²) >= 11 is 0. The molecule has 5 nitrogen and oxygen atoms in total. The first kappa shape index (κ1) is 15.9. The zero-order valence-corrected chi connectivity index (χ0v) is 13.3. The van der Waals surface area contributed by atoms with Crippen molar-refractivity contribution < 1.29 is 14.2 Å². The van der Waals surface area contributed by atoms with Gasteiger partial charge < -0.3 is 24.4 Å². The molecule has 1 N–H and O–H groups in total. The summed E-state index contributed by atoms with van der Waals surface area (Å²) in [4.78, 5) is 2.50. The van der Waals surface area contributed by atoms with Crippen LogP contribution in [0.3, 0.4) is 0 Å². The van der Waals surface area contributed by atoms with E-state index in [1.165, 1.54) is 5.56 Å². The maximum atomic E-state index is 5.52. The zero-order valence-electron chi connectivity index (χ0n) is 13.3. The highest BCUT2D eigenvalue weighted by Gasteiger charge is 2.16. The van der Waals surface area contributed by atoms with Crippen LogP contribution in [-0.2, 0) is 6.42 Å². The molecule has 5 heteroatoms. The van der Waals surface area contributed by atoms with Crippen molar-refractivity contribution in [3.8, 4) is 17.2 Å². The van der Waals surface area contributed by atoms with Gasteiger partial charge in [-0.15, -0.1) is 0 Å². The number of nitrogens with one attached hydrogen (secondary N) is 1. The lowest BCUT2D eigenvalue weighted by Gasteiger charge is -2.27. The molecule has 1 aromatic carbocycles. The Morgan fingerprint density at radius 1 is 1.00 bits per heavy atom. The highest BCUT2D eigenvalue weighted by molar-refractivity contribution is 5.55. The molecule has 1 aromatic rings. The Labute approximate surface area is 127 Å². The second-order valence-electron chi connectivity index (χ2n) is 5.19. The predicted molar refractivity (Wildman–Crippen MR) is 83.7 cm³/mol. The van der Waals surface area contributed by atoms with Crippen LogP contribution in [0.5, 0.6) is 17.2 Å². The van der Waals surface area contributed by atoms with Gasteiger partial charge in [0, 0.05) is 26.2 Å². The molecule has 0 bridgehead atoms. The van der Waals surface area contributed by atoms with Crippen molar-refractivity contribution in [3.05, 3.63) is 17.7 Å². The summed E-state index contributed by atoms with van der Waals surface area (Å²) in [5.41, 5.74) is 1.17. The Morgan fingerprint density at radius 3 is 2.33 bits per heavy atom. The molecule has 0 spiro atoms. The van der Waals surface area contributed by atoms with Gasteiger partial charge in [-0.2, -0.15) is 0 Å². The van der Waals surface area contributed by atoms with Crippen LogP contribution in [0.25, 0.3) is 0 Å². The van der Waals surface area contributed by atoms with Gasteiger partial charge in [-0.1, -0.05) is 6.07 Å². The lowest BCUT2D eigenvalue weighted by molar-refractivity contribution is 0.238. The summed E-state index contributed by atoms with van der Waals surface area (Å²) in [6.07, 6.45) is 2.10. The van der Waals surface area contributed by atoms with Crippen molar-refractivity contribution in [2.24, 2.45) is 0 Å². The van der Waals surface area contributed by atoms with E-state index in [0.29, 0.717) is 11.5 Å². The van der Waals surface area contributed by atoms with E-state index in [4.69, 9.17) is 14.2 Å². The molecule has 0 unspecified atom stereocenters. The van der Waals surface area contributed by atoms with E-state index in [2.05, 4.69) is 16.3 Å². The summed E-state index contributed by atoms with van der Waals surface area (Å²) in [6.45, 7) is 5.60. The fraction of sp³-hybridized carbons (Fsp3) is 0.625. The molecule has 1 aliphatic heterocycles. The van der Waals surface area contributed by atoms with Crippen molar-refractivity contribution in [3.63, 3.8) is 0 Å². The highest BCUT2D eigenvalue weighted by Crippen LogP contribution is 2.40. The number of rotatable bonds is 7. The number of ether oxygens (including phenoxy) is 3. The van der Waals surface area contributed by atoms with E-state index < -0.39 is 0 Å². The Morgan fingerprint density at radius 2 is 1.71 bits per heavy atom. The minimum atomic E-state index is 0.680. The first-order valence-corrected chi connectivity index (χ1v) is 7.51. The number of nitrogens with zero attached hydrogens (tertiary/aromatic N) is 1. The fourth-order valence-corrected chi connectivity index (χ4v) is 2.79. The quantitative estimate of drug-likeness (QED) is 0.826. The molecular weight excluding hydrogens is 268 g/mol. The van der Waals surface area contributed by atoms with Gasteiger partial charge in [0.2, 0.25) is 5.75 Å². The zero-order chi connectivity index (χ0) is 15.1. The topological polar surface area (TPSA) is 43.0 Å². The molecule has 0 amide bonds. The first-order valence-electron chi connectivity index (χ1n) is 7.51. The average molecular weight is 294 g/mol. The van der Waals surface area contributed by atoms with Gasteiger partial charge in [0.25, 0.3) is 0 Å². The highest BCUT2D eigenvalue weighted by atomic mass is 16.5. The predicted octanol–water partition coefficient (Wildman–Crippen LogP) is 1.55. The molecule has 1 fully saturated rings. The van der Waals surface area contributed by atoms with Crippen molar-refractivity contribution in [1.29, 1.82) is 0 Å². The normalized spacial score (nSPS) is 15.8. The van der Waals surface area contributed by atoms with Gasteiger partial charge in [0.15, 0.2) is 11.5 Å². The molecule has 0 aromatic heterocycles. The van der Waals surface area contributed by atoms with Gasteiger partial charge >= 0.3 is 0 Å². The lowest BCUT2D eigenvalue weighted by atomic mass is 10.1. The van der Waals surface area contributed by atoms with Crippen LogP contribution >= 0.6 is 0 Å². The third-order valence-corrected chi connectivity index (χ3v) is 3.92. The molecule has 0 atom stereocenters. The van der Waals surface area contributed by atoms with Gasteiger partial charge in [-0.25, -0.2) is 0 Å². The van der Waals surface area contributed by atoms with E-state index in [9.17, 15) is 0 Å². The third-order valence-electron chi connectivity index (χ3n) is 3.92. The molecule has 0 radical (unpaired) electrons. The van der Waals surface area contributed by atoms with Crippen LogP contribution in [0.2, 0.25) is 0 Å². The van der Waals surface area contributed by atoms with E-state index >= 15 is 0 Å². The van der Waals surface area contributed by atoms with Crippen LogP contribution in [-0.4, -0.2) is 59.0 Å². The molecule has 1 heterocycles. The number of aryl methyl sites for hydroxylation is 1. The molecule has 2 rings (SSSR count). The lowest BCUT2D eigenvalue weighted by Crippen LogP contribution is -2.43. The van der Waals surface area contributed by atoms with E-state index in [1.807, 2.05) is 6.07 Å². The van der Waals surface area contributed by atoms with E-state index in [1.54, 1.807) is 21.3 Å². The maximum absolute atomic E-state index is 5.52. The largest absolute Gasteiger partial charge is 0.493 e. The van der Waals surface area contributed by atoms with Crippen LogP contribution in [0, 0.1) is 0 Å². The molecule has 118 valence electrons. The molecule has 1 aliphatic rings. The molecular formula is C16H26N2O3. The second kappa shape index (κ2) is 8.10. The first-order chi connectivity index (χ1) is 10.3. The van der Waals surface area contributed by atoms with E-state index in [-0.39, 0.29) is 0 Å². The SMILES string of the molecule is COc1ccc(CCCN2CCNCC2)c(OC)c1OC. The second-order valence-corrected chi connectivity index (χ2v) is 5.19. The third kappa shape index (κ3) is 4.02. The Bertz CT molecular complexity index is 445. The Kier molecular flexibility index (Phi) is 6.14. The number of hydrogen-bond donors (Lipinski definition) is 1. The molecule has 0 aliphatic carbocycles. The van der Waals surface area contributed by atoms with Crippen molar-refractivity contribution in [2.75, 3.05) is 54.1 Å². The van der Waals surface area contributed by atoms with Crippen molar-refractivity contribution >= 4 is 0 Å². The van der Waals surface area contributed by atoms with Gasteiger partial charge in [0.05, 0.1) is 21.3 Å². The summed E-state index contributed by atoms with van der Waals surface area (Å²) in [5, 5.41) is 3.38. The summed E-state index contributed by atoms with van der Waals surface area (Å²) in [5.74, 6) is 2.18. The molecule has 1 saturated heterocycles. The Hall–Kier alpha value is -1.46. The van der Waals surface area contributed by atoms with Gasteiger partial charge in [-0.3, -0.25) is 0 Å². The van der Waals surface area contributed by atoms with Gasteiger partial charge in [0.1, 0.15) is 0 Å². The summed E-state index contributed by atoms with van der Waals surface area (Å²) < 4.78 is 16.3. The standard InChI is InChI=1S/C16H26N2O3/c1-19-14-7-6-13(15(20-2)16(14)21-3)5-4-10-18-11-8-17-9-12-18/h6-7,17H,4-5,8-12H2,1-3H3. The molecule has 0 saturated carbocycles. The van der Waals surface area contributed by atoms with Crippen LogP contribution < -0.4 is 19.5 Å². The monoisotopic (exact) mass is 294 g/mol. The van der Waals surface area contributed by atoms with Crippen LogP contribution in [0.4, 0.5) is 0 Å². The summed E-state index contributed by atoms with van der Waals surface area (Å²) in [7, 11) is 4.96. The van der Waals surface area contributed by atoms with Gasteiger partial charge in [-0.05, 0) is 31.0 Å². The summed E-state index contributed by atoms with van der Waals surface area (Å²) in [6, 6.07) is 4.01. The van der Waals surface area contributed by atoms with Crippen LogP contribution in [0.15, 0.2) is 12.1 Å². The van der Waals surface area contributed by atoms with Crippen LogP contribution in [0.1, 0.15) is 12.0 Å². The fourth-order valence-electron chi connectivity index (χ4n) is 2.79. The maximum Gasteiger partial charge on any atom is 0.203 e. The number of benzene rings is 1. The number of hydrogen-bond acceptors (Lipinski definition) is 5. The Balaban J connectivity index is 1.98. The number of piperazine rings is 1. The minimum absolute atomic E-state index is 0.680. The van der Waals surface area contributed by atoms with Crippen molar-refractivity contribution in [2.45, 2.75) is 12.8 Å². The smallest absolute Gasteiger partial charge is 0.203 e. The molecule has 21 heavy (non-hydrogen) atoms. The number of methoxy groups -OCH3 is 3. The average Bonchev–Trinajstić information content (AvgIpc) is 2.55. The minimum Gasteiger partial charge on any atom is -0.493 e. The van der Waals surface area contributed by atoms with E-state index in [0.717, 1.165) is 51.3 Å². The van der Waals surface area contributed by atoms with Crippen molar-refractivity contribution in [1.82, 2.24) is 10.2 Å².